The lowest BCUT2D eigenvalue weighted by Crippen LogP contribution is -2.37. The van der Waals surface area contributed by atoms with Gasteiger partial charge in [0.05, 0.1) is 5.71 Å². The van der Waals surface area contributed by atoms with Gasteiger partial charge in [-0.15, -0.1) is 0 Å². The van der Waals surface area contributed by atoms with E-state index in [-0.39, 0.29) is 6.10 Å². The minimum atomic E-state index is 0.0139. The third-order valence-corrected chi connectivity index (χ3v) is 4.94. The monoisotopic (exact) mass is 311 g/mol. The van der Waals surface area contributed by atoms with Crippen LogP contribution in [0.1, 0.15) is 29.0 Å². The summed E-state index contributed by atoms with van der Waals surface area (Å²) >= 11 is 0. The van der Waals surface area contributed by atoms with E-state index in [1.165, 1.54) is 16.7 Å². The van der Waals surface area contributed by atoms with Crippen LogP contribution in [0.25, 0.3) is 0 Å². The highest BCUT2D eigenvalue weighted by molar-refractivity contribution is 6.08. The summed E-state index contributed by atoms with van der Waals surface area (Å²) in [5, 5.41) is 0. The fourth-order valence-corrected chi connectivity index (χ4v) is 3.83. The molecule has 24 heavy (non-hydrogen) atoms. The smallest absolute Gasteiger partial charge is 0.145 e. The number of fused-ring (bicyclic) bond motifs is 4. The molecule has 0 radical (unpaired) electrons. The Kier molecular flexibility index (Phi) is 3.02. The highest BCUT2D eigenvalue weighted by Gasteiger charge is 2.36. The molecule has 0 unspecified atom stereocenters. The van der Waals surface area contributed by atoms with Gasteiger partial charge in [-0.2, -0.15) is 0 Å². The summed E-state index contributed by atoms with van der Waals surface area (Å²) in [5.74, 6) is 1.23. The van der Waals surface area contributed by atoms with Gasteiger partial charge in [0.1, 0.15) is 17.5 Å². The van der Waals surface area contributed by atoms with Gasteiger partial charge < -0.3 is 4.74 Å². The number of hydrogen-bond acceptors (Lipinski definition) is 2. The molecule has 5 rings (SSSR count). The first-order chi connectivity index (χ1) is 11.9. The van der Waals surface area contributed by atoms with Crippen LogP contribution in [0.2, 0.25) is 0 Å². The summed E-state index contributed by atoms with van der Waals surface area (Å²) < 4.78 is 6.31. The maximum atomic E-state index is 6.31. The van der Waals surface area contributed by atoms with Crippen molar-refractivity contribution in [3.8, 4) is 5.75 Å². The van der Waals surface area contributed by atoms with Crippen molar-refractivity contribution in [2.24, 2.45) is 4.99 Å². The number of aliphatic imine (C=N–C) groups is 1. The van der Waals surface area contributed by atoms with Crippen molar-refractivity contribution in [1.29, 1.82) is 0 Å². The van der Waals surface area contributed by atoms with Crippen LogP contribution in [0.3, 0.4) is 0 Å². The molecule has 1 heterocycles. The Morgan fingerprint density at radius 2 is 1.54 bits per heavy atom. The second-order valence-corrected chi connectivity index (χ2v) is 6.36. The van der Waals surface area contributed by atoms with E-state index in [1.54, 1.807) is 0 Å². The van der Waals surface area contributed by atoms with Crippen LogP contribution in [-0.4, -0.2) is 11.8 Å². The van der Waals surface area contributed by atoms with Gasteiger partial charge in [0.25, 0.3) is 0 Å². The van der Waals surface area contributed by atoms with Crippen molar-refractivity contribution in [2.75, 3.05) is 0 Å². The number of rotatable bonds is 1. The van der Waals surface area contributed by atoms with Gasteiger partial charge >= 0.3 is 0 Å². The van der Waals surface area contributed by atoms with Gasteiger partial charge in [-0.05, 0) is 23.3 Å². The van der Waals surface area contributed by atoms with Crippen molar-refractivity contribution >= 4 is 11.4 Å². The SMILES string of the molecule is c1ccc([C@H]2C[C@@H]3Oc4ccccc4N=C3c3ccccc32)cc1. The highest BCUT2D eigenvalue weighted by atomic mass is 16.5. The predicted octanol–water partition coefficient (Wildman–Crippen LogP) is 5.10. The Balaban J connectivity index is 1.68. The highest BCUT2D eigenvalue weighted by Crippen LogP contribution is 2.43. The maximum absolute atomic E-state index is 6.31. The van der Waals surface area contributed by atoms with E-state index in [1.807, 2.05) is 24.3 Å². The van der Waals surface area contributed by atoms with Gasteiger partial charge in [0.2, 0.25) is 0 Å². The van der Waals surface area contributed by atoms with Crippen LogP contribution in [0.5, 0.6) is 5.75 Å². The molecule has 2 aliphatic rings. The van der Waals surface area contributed by atoms with E-state index in [0.717, 1.165) is 23.6 Å². The largest absolute Gasteiger partial charge is 0.482 e. The molecule has 116 valence electrons. The first kappa shape index (κ1) is 13.6. The van der Waals surface area contributed by atoms with Crippen molar-refractivity contribution in [1.82, 2.24) is 0 Å². The fraction of sp³-hybridized carbons (Fsp3) is 0.136. The Hall–Kier alpha value is -2.87. The number of hydrogen-bond donors (Lipinski definition) is 0. The lowest BCUT2D eigenvalue weighted by molar-refractivity contribution is 0.242. The molecular weight excluding hydrogens is 294 g/mol. The zero-order valence-electron chi connectivity index (χ0n) is 13.2. The molecule has 3 aromatic carbocycles. The normalized spacial score (nSPS) is 20.9. The van der Waals surface area contributed by atoms with E-state index >= 15 is 0 Å². The van der Waals surface area contributed by atoms with Crippen LogP contribution >= 0.6 is 0 Å². The summed E-state index contributed by atoms with van der Waals surface area (Å²) in [4.78, 5) is 4.93. The lowest BCUT2D eigenvalue weighted by atomic mass is 9.76. The average Bonchev–Trinajstić information content (AvgIpc) is 2.66. The second kappa shape index (κ2) is 5.34. The fourth-order valence-electron chi connectivity index (χ4n) is 3.83. The first-order valence-corrected chi connectivity index (χ1v) is 8.38. The maximum Gasteiger partial charge on any atom is 0.145 e. The molecule has 2 atom stereocenters. The zero-order valence-corrected chi connectivity index (χ0v) is 13.2. The van der Waals surface area contributed by atoms with Crippen LogP contribution in [0.4, 0.5) is 5.69 Å². The quantitative estimate of drug-likeness (QED) is 0.612. The molecule has 0 N–H and O–H groups in total. The van der Waals surface area contributed by atoms with E-state index in [4.69, 9.17) is 9.73 Å². The molecule has 0 fully saturated rings. The third kappa shape index (κ3) is 2.07. The molecule has 0 amide bonds. The number of para-hydroxylation sites is 2. The Labute approximate surface area is 141 Å². The molecule has 3 aromatic rings. The summed E-state index contributed by atoms with van der Waals surface area (Å²) in [7, 11) is 0. The number of ether oxygens (including phenoxy) is 1. The molecule has 0 saturated carbocycles. The Morgan fingerprint density at radius 3 is 2.46 bits per heavy atom. The summed E-state index contributed by atoms with van der Waals surface area (Å²) in [5.41, 5.74) is 5.90. The average molecular weight is 311 g/mol. The zero-order chi connectivity index (χ0) is 15.9. The topological polar surface area (TPSA) is 21.6 Å². The minimum Gasteiger partial charge on any atom is -0.482 e. The Morgan fingerprint density at radius 1 is 0.792 bits per heavy atom. The van der Waals surface area contributed by atoms with E-state index in [0.29, 0.717) is 5.92 Å². The molecule has 0 spiro atoms. The van der Waals surface area contributed by atoms with Crippen molar-refractivity contribution < 1.29 is 4.74 Å². The van der Waals surface area contributed by atoms with Gasteiger partial charge in [-0.1, -0.05) is 66.7 Å². The molecule has 1 aliphatic heterocycles. The molecular formula is C22H17NO. The summed E-state index contributed by atoms with van der Waals surface area (Å²) in [6.07, 6.45) is 0.939. The Bertz CT molecular complexity index is 929. The molecule has 0 saturated heterocycles. The first-order valence-electron chi connectivity index (χ1n) is 8.38. The van der Waals surface area contributed by atoms with Crippen molar-refractivity contribution in [2.45, 2.75) is 18.4 Å². The van der Waals surface area contributed by atoms with E-state index in [9.17, 15) is 0 Å². The summed E-state index contributed by atoms with van der Waals surface area (Å²) in [6, 6.07) is 27.4. The predicted molar refractivity (Wildman–Crippen MR) is 96.4 cm³/mol. The van der Waals surface area contributed by atoms with Crippen molar-refractivity contribution in [3.05, 3.63) is 95.6 Å². The second-order valence-electron chi connectivity index (χ2n) is 6.36. The molecule has 2 heteroatoms. The van der Waals surface area contributed by atoms with Gasteiger partial charge in [0.15, 0.2) is 0 Å². The molecule has 0 bridgehead atoms. The van der Waals surface area contributed by atoms with E-state index < -0.39 is 0 Å². The van der Waals surface area contributed by atoms with E-state index in [2.05, 4.69) is 54.6 Å². The lowest BCUT2D eigenvalue weighted by Gasteiger charge is -2.35. The molecule has 0 aromatic heterocycles. The van der Waals surface area contributed by atoms with Crippen LogP contribution < -0.4 is 4.74 Å². The number of benzene rings is 3. The van der Waals surface area contributed by atoms with Crippen LogP contribution in [0.15, 0.2) is 83.9 Å². The van der Waals surface area contributed by atoms with Crippen LogP contribution in [-0.2, 0) is 0 Å². The van der Waals surface area contributed by atoms with Crippen LogP contribution in [0, 0.1) is 0 Å². The minimum absolute atomic E-state index is 0.0139. The summed E-state index contributed by atoms with van der Waals surface area (Å²) in [6.45, 7) is 0. The standard InChI is InChI=1S/C22H17NO/c1-2-8-15(9-3-1)18-14-21-22(17-11-5-4-10-16(17)18)23-19-12-6-7-13-20(19)24-21/h1-13,18,21H,14H2/t18-,21+/m1/s1. The molecule has 1 aliphatic carbocycles. The third-order valence-electron chi connectivity index (χ3n) is 4.94. The van der Waals surface area contributed by atoms with Gasteiger partial charge in [-0.3, -0.25) is 0 Å². The van der Waals surface area contributed by atoms with Gasteiger partial charge in [0, 0.05) is 17.9 Å². The van der Waals surface area contributed by atoms with Crippen molar-refractivity contribution in [3.63, 3.8) is 0 Å². The van der Waals surface area contributed by atoms with Gasteiger partial charge in [-0.25, -0.2) is 4.99 Å². The number of nitrogens with zero attached hydrogens (tertiary/aromatic N) is 1. The molecule has 2 nitrogen and oxygen atoms in total.